The Morgan fingerprint density at radius 2 is 1.68 bits per heavy atom. The van der Waals surface area contributed by atoms with Gasteiger partial charge in [-0.2, -0.15) is 5.01 Å². The van der Waals surface area contributed by atoms with Gasteiger partial charge in [-0.25, -0.2) is 9.59 Å². The molecule has 38 heavy (non-hydrogen) atoms. The van der Waals surface area contributed by atoms with E-state index in [2.05, 4.69) is 27.6 Å². The van der Waals surface area contributed by atoms with Gasteiger partial charge in [0.05, 0.1) is 24.4 Å². The van der Waals surface area contributed by atoms with Crippen molar-refractivity contribution in [1.82, 2.24) is 25.6 Å². The lowest BCUT2D eigenvalue weighted by molar-refractivity contribution is 0.0104. The zero-order chi connectivity index (χ0) is 27.8. The van der Waals surface area contributed by atoms with Gasteiger partial charge in [0.15, 0.2) is 6.17 Å². The summed E-state index contributed by atoms with van der Waals surface area (Å²) in [4.78, 5) is 45.4. The van der Waals surface area contributed by atoms with Gasteiger partial charge in [-0.05, 0) is 72.9 Å². The summed E-state index contributed by atoms with van der Waals surface area (Å²) in [6.07, 6.45) is -1.91. The number of piperazine rings is 1. The quantitative estimate of drug-likeness (QED) is 0.615. The molecule has 4 rings (SSSR count). The number of nitrogens with zero attached hydrogens (tertiary/aromatic N) is 4. The molecule has 3 aliphatic heterocycles. The molecule has 11 nitrogen and oxygen atoms in total. The van der Waals surface area contributed by atoms with Crippen LogP contribution >= 0.6 is 0 Å². The molecule has 0 bridgehead atoms. The SMILES string of the molecule is CCOC(=O)N1NC2=C(CN(C(=O)OC(C)(C)C)C2(C)C)C1NC(=O)c1ccc(N2CCN(C)CC2)cc1. The van der Waals surface area contributed by atoms with Crippen LogP contribution in [0, 0.1) is 0 Å². The molecule has 3 heterocycles. The molecule has 0 aliphatic carbocycles. The number of nitrogens with one attached hydrogen (secondary N) is 2. The molecule has 0 saturated carbocycles. The summed E-state index contributed by atoms with van der Waals surface area (Å²) in [5, 5.41) is 4.25. The van der Waals surface area contributed by atoms with E-state index < -0.39 is 29.5 Å². The monoisotopic (exact) mass is 528 g/mol. The highest BCUT2D eigenvalue weighted by Crippen LogP contribution is 2.39. The number of anilines is 1. The van der Waals surface area contributed by atoms with Gasteiger partial charge >= 0.3 is 12.2 Å². The molecule has 0 aromatic heterocycles. The summed E-state index contributed by atoms with van der Waals surface area (Å²) in [6, 6.07) is 7.48. The maximum Gasteiger partial charge on any atom is 0.430 e. The molecular weight excluding hydrogens is 488 g/mol. The maximum absolute atomic E-state index is 13.3. The molecule has 208 valence electrons. The Hall–Kier alpha value is -3.47. The predicted octanol–water partition coefficient (Wildman–Crippen LogP) is 2.75. The van der Waals surface area contributed by atoms with E-state index in [0.717, 1.165) is 31.9 Å². The number of hydrogen-bond donors (Lipinski definition) is 2. The Morgan fingerprint density at radius 3 is 2.26 bits per heavy atom. The minimum Gasteiger partial charge on any atom is -0.448 e. The number of amides is 3. The van der Waals surface area contributed by atoms with Crippen LogP contribution in [0.4, 0.5) is 15.3 Å². The first kappa shape index (κ1) is 27.6. The minimum absolute atomic E-state index is 0.184. The second-order valence-corrected chi connectivity index (χ2v) is 11.4. The first-order chi connectivity index (χ1) is 17.8. The average molecular weight is 529 g/mol. The van der Waals surface area contributed by atoms with Crippen molar-refractivity contribution in [3.63, 3.8) is 0 Å². The Labute approximate surface area is 224 Å². The van der Waals surface area contributed by atoms with Crippen LogP contribution in [0.25, 0.3) is 0 Å². The van der Waals surface area contributed by atoms with Crippen LogP contribution < -0.4 is 15.6 Å². The predicted molar refractivity (Wildman–Crippen MR) is 143 cm³/mol. The molecule has 0 spiro atoms. The second-order valence-electron chi connectivity index (χ2n) is 11.4. The molecule has 1 unspecified atom stereocenters. The summed E-state index contributed by atoms with van der Waals surface area (Å²) in [5.41, 5.74) is 4.55. The van der Waals surface area contributed by atoms with Crippen LogP contribution in [0.1, 0.15) is 51.9 Å². The van der Waals surface area contributed by atoms with Crippen LogP contribution in [0.5, 0.6) is 0 Å². The lowest BCUT2D eigenvalue weighted by Gasteiger charge is -2.38. The van der Waals surface area contributed by atoms with Gasteiger partial charge in [-0.1, -0.05) is 0 Å². The average Bonchev–Trinajstić information content (AvgIpc) is 3.33. The van der Waals surface area contributed by atoms with Gasteiger partial charge < -0.3 is 24.6 Å². The van der Waals surface area contributed by atoms with E-state index in [1.54, 1.807) is 24.0 Å². The fourth-order valence-electron chi connectivity index (χ4n) is 4.95. The van der Waals surface area contributed by atoms with Crippen LogP contribution in [0.3, 0.4) is 0 Å². The molecule has 3 aliphatic rings. The van der Waals surface area contributed by atoms with Gasteiger partial charge in [0.2, 0.25) is 0 Å². The Bertz CT molecular complexity index is 1100. The number of ether oxygens (including phenoxy) is 2. The lowest BCUT2D eigenvalue weighted by Crippen LogP contribution is -2.58. The van der Waals surface area contributed by atoms with Crippen molar-refractivity contribution in [3.8, 4) is 0 Å². The number of carbonyl (C=O) groups is 3. The van der Waals surface area contributed by atoms with E-state index >= 15 is 0 Å². The summed E-state index contributed by atoms with van der Waals surface area (Å²) in [7, 11) is 2.11. The van der Waals surface area contributed by atoms with Gasteiger partial charge in [-0.15, -0.1) is 0 Å². The molecule has 3 amide bonds. The molecule has 1 fully saturated rings. The molecule has 11 heteroatoms. The molecule has 1 saturated heterocycles. The third-order valence-electron chi connectivity index (χ3n) is 7.10. The van der Waals surface area contributed by atoms with Crippen molar-refractivity contribution < 1.29 is 23.9 Å². The topological polar surface area (TPSA) is 107 Å². The smallest absolute Gasteiger partial charge is 0.430 e. The number of likely N-dealkylation sites (N-methyl/N-ethyl adjacent to an activating group) is 1. The number of carbonyl (C=O) groups excluding carboxylic acids is 3. The highest BCUT2D eigenvalue weighted by Gasteiger charge is 2.52. The first-order valence-corrected chi connectivity index (χ1v) is 13.1. The second kappa shape index (κ2) is 10.4. The Balaban J connectivity index is 1.53. The summed E-state index contributed by atoms with van der Waals surface area (Å²) < 4.78 is 10.9. The fourth-order valence-corrected chi connectivity index (χ4v) is 4.95. The normalized spacial score (nSPS) is 21.2. The van der Waals surface area contributed by atoms with E-state index in [-0.39, 0.29) is 19.1 Å². The van der Waals surface area contributed by atoms with Crippen molar-refractivity contribution in [2.45, 2.75) is 58.8 Å². The third-order valence-corrected chi connectivity index (χ3v) is 7.10. The summed E-state index contributed by atoms with van der Waals surface area (Å²) in [5.74, 6) is -0.335. The largest absolute Gasteiger partial charge is 0.448 e. The van der Waals surface area contributed by atoms with E-state index in [1.807, 2.05) is 46.8 Å². The van der Waals surface area contributed by atoms with E-state index in [9.17, 15) is 14.4 Å². The van der Waals surface area contributed by atoms with Crippen LogP contribution in [0.2, 0.25) is 0 Å². The van der Waals surface area contributed by atoms with Crippen molar-refractivity contribution >= 4 is 23.8 Å². The zero-order valence-electron chi connectivity index (χ0n) is 23.5. The minimum atomic E-state index is -0.833. The summed E-state index contributed by atoms with van der Waals surface area (Å²) >= 11 is 0. The van der Waals surface area contributed by atoms with Gasteiger partial charge in [0.1, 0.15) is 5.60 Å². The number of hydrazine groups is 1. The van der Waals surface area contributed by atoms with E-state index in [1.165, 1.54) is 5.01 Å². The molecule has 1 aromatic carbocycles. The highest BCUT2D eigenvalue weighted by atomic mass is 16.6. The number of hydrogen-bond acceptors (Lipinski definition) is 8. The first-order valence-electron chi connectivity index (χ1n) is 13.1. The highest BCUT2D eigenvalue weighted by molar-refractivity contribution is 5.95. The van der Waals surface area contributed by atoms with Crippen molar-refractivity contribution in [3.05, 3.63) is 41.1 Å². The summed E-state index contributed by atoms with van der Waals surface area (Å²) in [6.45, 7) is 15.1. The van der Waals surface area contributed by atoms with Crippen LogP contribution in [-0.4, -0.2) is 96.6 Å². The van der Waals surface area contributed by atoms with Crippen molar-refractivity contribution in [1.29, 1.82) is 0 Å². The molecule has 1 aromatic rings. The molecule has 1 atom stereocenters. The van der Waals surface area contributed by atoms with Gasteiger partial charge in [0, 0.05) is 43.0 Å². The number of rotatable bonds is 4. The van der Waals surface area contributed by atoms with Crippen molar-refractivity contribution in [2.24, 2.45) is 0 Å². The number of benzene rings is 1. The lowest BCUT2D eigenvalue weighted by atomic mass is 10.0. The maximum atomic E-state index is 13.3. The molecular formula is C27H40N6O5. The molecule has 0 radical (unpaired) electrons. The van der Waals surface area contributed by atoms with Crippen LogP contribution in [-0.2, 0) is 9.47 Å². The van der Waals surface area contributed by atoms with Gasteiger partial charge in [-0.3, -0.25) is 15.1 Å². The zero-order valence-corrected chi connectivity index (χ0v) is 23.5. The van der Waals surface area contributed by atoms with Crippen molar-refractivity contribution in [2.75, 3.05) is 51.3 Å². The molecule has 2 N–H and O–H groups in total. The van der Waals surface area contributed by atoms with E-state index in [4.69, 9.17) is 9.47 Å². The van der Waals surface area contributed by atoms with Gasteiger partial charge in [0.25, 0.3) is 5.91 Å². The fraction of sp³-hybridized carbons (Fsp3) is 0.593. The van der Waals surface area contributed by atoms with Crippen LogP contribution in [0.15, 0.2) is 35.5 Å². The Kier molecular flexibility index (Phi) is 7.51. The third kappa shape index (κ3) is 5.52. The Morgan fingerprint density at radius 1 is 1.05 bits per heavy atom. The standard InChI is InChI=1S/C27H40N6O5/c1-8-37-25(36)33-22(20-17-32(24(35)38-26(2,3)4)27(5,6)21(20)29-33)28-23(34)18-9-11-19(12-10-18)31-15-13-30(7)14-16-31/h9-12,22,29H,8,13-17H2,1-7H3,(H,28,34). The van der Waals surface area contributed by atoms with E-state index in [0.29, 0.717) is 16.8 Å².